The third-order valence-electron chi connectivity index (χ3n) is 6.87. The molecule has 34 heavy (non-hydrogen) atoms. The average molecular weight is 483 g/mol. The van der Waals surface area contributed by atoms with Crippen LogP contribution in [0.4, 0.5) is 0 Å². The van der Waals surface area contributed by atoms with Crippen LogP contribution >= 0.6 is 23.2 Å². The van der Waals surface area contributed by atoms with Crippen molar-refractivity contribution < 1.29 is 9.59 Å². The van der Waals surface area contributed by atoms with E-state index in [1.165, 1.54) is 0 Å². The molecule has 0 heterocycles. The van der Waals surface area contributed by atoms with E-state index in [1.54, 1.807) is 0 Å². The number of rotatable bonds is 3. The minimum Gasteiger partial charge on any atom is -0.299 e. The summed E-state index contributed by atoms with van der Waals surface area (Å²) >= 11 is 13.9. The Kier molecular flexibility index (Phi) is 5.17. The Morgan fingerprint density at radius 3 is 1.29 bits per heavy atom. The summed E-state index contributed by atoms with van der Waals surface area (Å²) in [6.07, 6.45) is 2.01. The molecule has 166 valence electrons. The molecular formula is C30H20Cl2O2. The van der Waals surface area contributed by atoms with Crippen LogP contribution in [0.5, 0.6) is 0 Å². The number of fused-ring (bicyclic) bond motifs is 2. The first-order chi connectivity index (χ1) is 16.5. The van der Waals surface area contributed by atoms with Gasteiger partial charge in [0.1, 0.15) is 11.6 Å². The van der Waals surface area contributed by atoms with E-state index in [4.69, 9.17) is 23.2 Å². The molecule has 0 saturated heterocycles. The van der Waals surface area contributed by atoms with Crippen molar-refractivity contribution in [1.82, 2.24) is 0 Å². The van der Waals surface area contributed by atoms with Gasteiger partial charge in [-0.3, -0.25) is 9.59 Å². The zero-order valence-corrected chi connectivity index (χ0v) is 19.8. The van der Waals surface area contributed by atoms with Gasteiger partial charge in [0.2, 0.25) is 0 Å². The largest absolute Gasteiger partial charge is 0.299 e. The van der Waals surface area contributed by atoms with Crippen molar-refractivity contribution in [2.45, 2.75) is 25.7 Å². The van der Waals surface area contributed by atoms with E-state index in [1.807, 2.05) is 60.7 Å². The maximum absolute atomic E-state index is 11.9. The van der Waals surface area contributed by atoms with E-state index in [0.717, 1.165) is 55.6 Å². The smallest absolute Gasteiger partial charge is 0.141 e. The highest BCUT2D eigenvalue weighted by atomic mass is 35.5. The number of Topliss-reactive ketones (excluding diaryl/α,β-unsaturated/α-hetero) is 2. The topological polar surface area (TPSA) is 34.1 Å². The minimum absolute atomic E-state index is 0.256. The van der Waals surface area contributed by atoms with Crippen molar-refractivity contribution in [3.8, 4) is 33.4 Å². The predicted molar refractivity (Wildman–Crippen MR) is 138 cm³/mol. The number of halogens is 2. The quantitative estimate of drug-likeness (QED) is 0.306. The molecule has 2 nitrogen and oxygen atoms in total. The number of hydrogen-bond donors (Lipinski definition) is 0. The van der Waals surface area contributed by atoms with Crippen molar-refractivity contribution >= 4 is 34.8 Å². The zero-order chi connectivity index (χ0) is 23.4. The van der Waals surface area contributed by atoms with Crippen molar-refractivity contribution in [3.63, 3.8) is 0 Å². The Balaban J connectivity index is 1.43. The Morgan fingerprint density at radius 1 is 0.471 bits per heavy atom. The molecule has 2 aliphatic carbocycles. The molecule has 0 aliphatic heterocycles. The van der Waals surface area contributed by atoms with Crippen LogP contribution in [0.2, 0.25) is 10.0 Å². The molecule has 0 fully saturated rings. The summed E-state index contributed by atoms with van der Waals surface area (Å²) in [5.41, 5.74) is 9.92. The highest BCUT2D eigenvalue weighted by molar-refractivity contribution is 6.39. The maximum atomic E-state index is 11.9. The second kappa shape index (κ2) is 8.23. The van der Waals surface area contributed by atoms with Crippen LogP contribution in [0.1, 0.15) is 22.3 Å². The predicted octanol–water partition coefficient (Wildman–Crippen LogP) is 7.33. The van der Waals surface area contributed by atoms with Gasteiger partial charge in [-0.05, 0) is 33.4 Å². The number of carbonyl (C=O) groups is 2. The van der Waals surface area contributed by atoms with Gasteiger partial charge in [0.15, 0.2) is 0 Å². The fourth-order valence-electron chi connectivity index (χ4n) is 5.16. The van der Waals surface area contributed by atoms with Gasteiger partial charge in [-0.25, -0.2) is 0 Å². The lowest BCUT2D eigenvalue weighted by Gasteiger charge is -2.15. The molecule has 0 bridgehead atoms. The van der Waals surface area contributed by atoms with Gasteiger partial charge in [-0.15, -0.1) is 0 Å². The summed E-state index contributed by atoms with van der Waals surface area (Å²) in [5.74, 6) is 0.512. The van der Waals surface area contributed by atoms with Gasteiger partial charge in [-0.2, -0.15) is 0 Å². The van der Waals surface area contributed by atoms with Gasteiger partial charge < -0.3 is 0 Å². The Bertz CT molecular complexity index is 1400. The lowest BCUT2D eigenvalue weighted by atomic mass is 9.94. The first-order valence-electron chi connectivity index (χ1n) is 11.3. The zero-order valence-electron chi connectivity index (χ0n) is 18.3. The SMILES string of the molecule is O=C1Cc2ccc(-c3cccc(-c4cccc(-c5ccc6c(c5)CC(=O)C6)c4Cl)c3Cl)cc2C1. The fraction of sp³-hybridized carbons (Fsp3) is 0.133. The Labute approximate surface area is 208 Å². The molecule has 0 saturated carbocycles. The van der Waals surface area contributed by atoms with Gasteiger partial charge >= 0.3 is 0 Å². The van der Waals surface area contributed by atoms with Crippen molar-refractivity contribution in [2.24, 2.45) is 0 Å². The van der Waals surface area contributed by atoms with Gasteiger partial charge in [0, 0.05) is 47.9 Å². The summed E-state index contributed by atoms with van der Waals surface area (Å²) in [6, 6.07) is 24.2. The van der Waals surface area contributed by atoms with Crippen LogP contribution < -0.4 is 0 Å². The highest BCUT2D eigenvalue weighted by Gasteiger charge is 2.22. The molecular weight excluding hydrogens is 463 g/mol. The summed E-state index contributed by atoms with van der Waals surface area (Å²) in [6.45, 7) is 0. The molecule has 0 N–H and O–H groups in total. The molecule has 0 unspecified atom stereocenters. The highest BCUT2D eigenvalue weighted by Crippen LogP contribution is 2.43. The number of hydrogen-bond acceptors (Lipinski definition) is 2. The van der Waals surface area contributed by atoms with Crippen LogP contribution in [-0.2, 0) is 35.3 Å². The van der Waals surface area contributed by atoms with Gasteiger partial charge in [0.25, 0.3) is 0 Å². The van der Waals surface area contributed by atoms with Crippen molar-refractivity contribution in [2.75, 3.05) is 0 Å². The van der Waals surface area contributed by atoms with Crippen LogP contribution in [-0.4, -0.2) is 11.6 Å². The maximum Gasteiger partial charge on any atom is 0.141 e. The van der Waals surface area contributed by atoms with E-state index in [2.05, 4.69) is 12.1 Å². The third-order valence-corrected chi connectivity index (χ3v) is 7.69. The standard InChI is InChI=1S/C30H20Cl2O2/c31-29-25(19-9-7-17-13-23(33)15-21(17)11-19)3-1-5-27(29)28-6-2-4-26(30(28)32)20-10-8-18-14-24(34)16-22(18)12-20/h1-12H,13-16H2. The van der Waals surface area contributed by atoms with Crippen molar-refractivity contribution in [3.05, 3.63) is 105 Å². The van der Waals surface area contributed by atoms with Crippen LogP contribution in [0.15, 0.2) is 72.8 Å². The van der Waals surface area contributed by atoms with E-state index in [-0.39, 0.29) is 11.6 Å². The molecule has 4 aromatic carbocycles. The number of ketones is 2. The minimum atomic E-state index is 0.256. The van der Waals surface area contributed by atoms with Gasteiger partial charge in [-0.1, -0.05) is 96.0 Å². The number of carbonyl (C=O) groups excluding carboxylic acids is 2. The lowest BCUT2D eigenvalue weighted by molar-refractivity contribution is -0.117. The Hall–Kier alpha value is -3.20. The lowest BCUT2D eigenvalue weighted by Crippen LogP contribution is -1.92. The van der Waals surface area contributed by atoms with Crippen LogP contribution in [0.3, 0.4) is 0 Å². The van der Waals surface area contributed by atoms with Crippen LogP contribution in [0, 0.1) is 0 Å². The van der Waals surface area contributed by atoms with Gasteiger partial charge in [0.05, 0.1) is 10.0 Å². The molecule has 0 atom stereocenters. The first-order valence-corrected chi connectivity index (χ1v) is 12.1. The van der Waals surface area contributed by atoms with E-state index in [9.17, 15) is 9.59 Å². The molecule has 2 aliphatic rings. The summed E-state index contributed by atoms with van der Waals surface area (Å²) in [5, 5.41) is 1.26. The Morgan fingerprint density at radius 2 is 0.853 bits per heavy atom. The number of benzene rings is 4. The molecule has 0 amide bonds. The van der Waals surface area contributed by atoms with Crippen molar-refractivity contribution in [1.29, 1.82) is 0 Å². The van der Waals surface area contributed by atoms with E-state index >= 15 is 0 Å². The molecule has 0 spiro atoms. The fourth-order valence-corrected chi connectivity index (χ4v) is 5.84. The third kappa shape index (κ3) is 3.58. The van der Waals surface area contributed by atoms with E-state index in [0.29, 0.717) is 35.7 Å². The molecule has 0 aromatic heterocycles. The second-order valence-electron chi connectivity index (χ2n) is 9.09. The summed E-state index contributed by atoms with van der Waals surface area (Å²) in [7, 11) is 0. The normalized spacial score (nSPS) is 14.4. The van der Waals surface area contributed by atoms with E-state index < -0.39 is 0 Å². The first kappa shape index (κ1) is 21.3. The molecule has 4 aromatic rings. The van der Waals surface area contributed by atoms with Crippen LogP contribution in [0.25, 0.3) is 33.4 Å². The molecule has 4 heteroatoms. The second-order valence-corrected chi connectivity index (χ2v) is 9.84. The average Bonchev–Trinajstić information content (AvgIpc) is 3.39. The molecule has 6 rings (SSSR count). The molecule has 0 radical (unpaired) electrons. The summed E-state index contributed by atoms with van der Waals surface area (Å²) in [4.78, 5) is 23.7. The monoisotopic (exact) mass is 482 g/mol. The summed E-state index contributed by atoms with van der Waals surface area (Å²) < 4.78 is 0.